The predicted molar refractivity (Wildman–Crippen MR) is 92.0 cm³/mol. The molecule has 1 N–H and O–H groups in total. The average Bonchev–Trinajstić information content (AvgIpc) is 2.62. The molecule has 2 aromatic heterocycles. The van der Waals surface area contributed by atoms with Crippen molar-refractivity contribution >= 4 is 17.6 Å². The smallest absolute Gasteiger partial charge is 0.226 e. The number of hydrogen-bond donors (Lipinski definition) is 1. The molecule has 24 heavy (non-hydrogen) atoms. The third kappa shape index (κ3) is 3.68. The van der Waals surface area contributed by atoms with Gasteiger partial charge in [0.05, 0.1) is 0 Å². The van der Waals surface area contributed by atoms with E-state index in [-0.39, 0.29) is 6.04 Å². The molecule has 2 aromatic rings. The van der Waals surface area contributed by atoms with Crippen LogP contribution in [-0.2, 0) is 0 Å². The van der Waals surface area contributed by atoms with Gasteiger partial charge in [0.1, 0.15) is 29.7 Å². The second-order valence-corrected chi connectivity index (χ2v) is 5.94. The van der Waals surface area contributed by atoms with Crippen molar-refractivity contribution in [3.05, 3.63) is 30.4 Å². The third-order valence-corrected chi connectivity index (χ3v) is 3.92. The zero-order valence-electron chi connectivity index (χ0n) is 13.8. The lowest BCUT2D eigenvalue weighted by Gasteiger charge is -2.33. The Labute approximate surface area is 141 Å². The van der Waals surface area contributed by atoms with Crippen LogP contribution < -0.4 is 15.1 Å². The molecule has 0 aliphatic carbocycles. The summed E-state index contributed by atoms with van der Waals surface area (Å²) in [5.74, 6) is 2.29. The molecule has 8 heteroatoms. The monoisotopic (exact) mass is 324 g/mol. The SMILES string of the molecule is CN(C)c1cc(NC2CCCN(c3nccc(C#N)n3)C2)ncn1. The van der Waals surface area contributed by atoms with E-state index in [1.807, 2.05) is 25.1 Å². The van der Waals surface area contributed by atoms with Crippen LogP contribution in [0.3, 0.4) is 0 Å². The van der Waals surface area contributed by atoms with Gasteiger partial charge in [0.2, 0.25) is 5.95 Å². The first-order valence-corrected chi connectivity index (χ1v) is 7.89. The van der Waals surface area contributed by atoms with E-state index in [2.05, 4.69) is 36.2 Å². The standard InChI is InChI=1S/C16H20N8/c1-23(2)15-8-14(19-11-20-15)21-13-4-3-7-24(10-13)16-18-6-5-12(9-17)22-16/h5-6,8,11,13H,3-4,7,10H2,1-2H3,(H,19,20,21). The molecule has 0 bridgehead atoms. The highest BCUT2D eigenvalue weighted by atomic mass is 15.3. The summed E-state index contributed by atoms with van der Waals surface area (Å²) in [5, 5.41) is 12.5. The zero-order chi connectivity index (χ0) is 16.9. The Kier molecular flexibility index (Phi) is 4.70. The molecule has 1 aliphatic heterocycles. The van der Waals surface area contributed by atoms with E-state index in [0.717, 1.165) is 37.6 Å². The summed E-state index contributed by atoms with van der Waals surface area (Å²) in [5.41, 5.74) is 0.390. The van der Waals surface area contributed by atoms with Gasteiger partial charge >= 0.3 is 0 Å². The van der Waals surface area contributed by atoms with Gasteiger partial charge in [-0.25, -0.2) is 19.9 Å². The van der Waals surface area contributed by atoms with Gasteiger partial charge in [0, 0.05) is 45.5 Å². The second kappa shape index (κ2) is 7.08. The first-order valence-electron chi connectivity index (χ1n) is 7.89. The van der Waals surface area contributed by atoms with Crippen LogP contribution in [0.5, 0.6) is 0 Å². The Bertz CT molecular complexity index is 739. The van der Waals surface area contributed by atoms with E-state index in [1.54, 1.807) is 18.6 Å². The van der Waals surface area contributed by atoms with E-state index in [9.17, 15) is 0 Å². The van der Waals surface area contributed by atoms with Crippen LogP contribution in [0.4, 0.5) is 17.6 Å². The maximum Gasteiger partial charge on any atom is 0.226 e. The Hall–Kier alpha value is -2.95. The van der Waals surface area contributed by atoms with Crippen LogP contribution in [0.2, 0.25) is 0 Å². The number of piperidine rings is 1. The normalized spacial score (nSPS) is 17.2. The van der Waals surface area contributed by atoms with Crippen molar-refractivity contribution in [3.63, 3.8) is 0 Å². The quantitative estimate of drug-likeness (QED) is 0.899. The summed E-state index contributed by atoms with van der Waals surface area (Å²) in [6.45, 7) is 1.66. The summed E-state index contributed by atoms with van der Waals surface area (Å²) in [4.78, 5) is 21.2. The fourth-order valence-corrected chi connectivity index (χ4v) is 2.72. The second-order valence-electron chi connectivity index (χ2n) is 5.94. The molecule has 0 spiro atoms. The highest BCUT2D eigenvalue weighted by Crippen LogP contribution is 2.19. The van der Waals surface area contributed by atoms with Gasteiger partial charge in [-0.2, -0.15) is 5.26 Å². The summed E-state index contributed by atoms with van der Waals surface area (Å²) >= 11 is 0. The molecular formula is C16H20N8. The summed E-state index contributed by atoms with van der Waals surface area (Å²) in [6.07, 6.45) is 5.28. The van der Waals surface area contributed by atoms with Gasteiger partial charge < -0.3 is 15.1 Å². The van der Waals surface area contributed by atoms with Crippen LogP contribution in [0.15, 0.2) is 24.7 Å². The molecule has 1 saturated heterocycles. The lowest BCUT2D eigenvalue weighted by Crippen LogP contribution is -2.43. The highest BCUT2D eigenvalue weighted by Gasteiger charge is 2.22. The first-order chi connectivity index (χ1) is 11.7. The van der Waals surface area contributed by atoms with Crippen LogP contribution in [0, 0.1) is 11.3 Å². The van der Waals surface area contributed by atoms with E-state index in [4.69, 9.17) is 5.26 Å². The Morgan fingerprint density at radius 3 is 3.00 bits per heavy atom. The molecule has 0 saturated carbocycles. The molecule has 8 nitrogen and oxygen atoms in total. The molecule has 1 aliphatic rings. The molecule has 1 unspecified atom stereocenters. The van der Waals surface area contributed by atoms with Gasteiger partial charge in [-0.05, 0) is 18.9 Å². The van der Waals surface area contributed by atoms with Crippen molar-refractivity contribution in [1.29, 1.82) is 5.26 Å². The number of anilines is 3. The van der Waals surface area contributed by atoms with E-state index < -0.39 is 0 Å². The number of aromatic nitrogens is 4. The Morgan fingerprint density at radius 1 is 1.33 bits per heavy atom. The van der Waals surface area contributed by atoms with Gasteiger partial charge in [-0.15, -0.1) is 0 Å². The van der Waals surface area contributed by atoms with Gasteiger partial charge in [-0.1, -0.05) is 0 Å². The number of nitriles is 1. The maximum atomic E-state index is 8.99. The van der Waals surface area contributed by atoms with Crippen LogP contribution in [0.25, 0.3) is 0 Å². The van der Waals surface area contributed by atoms with Crippen molar-refractivity contribution < 1.29 is 0 Å². The zero-order valence-corrected chi connectivity index (χ0v) is 13.8. The van der Waals surface area contributed by atoms with E-state index in [1.165, 1.54) is 0 Å². The average molecular weight is 324 g/mol. The van der Waals surface area contributed by atoms with Crippen LogP contribution >= 0.6 is 0 Å². The number of nitrogens with zero attached hydrogens (tertiary/aromatic N) is 7. The highest BCUT2D eigenvalue weighted by molar-refractivity contribution is 5.48. The number of hydrogen-bond acceptors (Lipinski definition) is 8. The third-order valence-electron chi connectivity index (χ3n) is 3.92. The summed E-state index contributed by atoms with van der Waals surface area (Å²) in [6, 6.07) is 5.86. The Morgan fingerprint density at radius 2 is 2.21 bits per heavy atom. The minimum Gasteiger partial charge on any atom is -0.365 e. The molecule has 0 radical (unpaired) electrons. The number of rotatable bonds is 4. The molecular weight excluding hydrogens is 304 g/mol. The minimum absolute atomic E-state index is 0.248. The fraction of sp³-hybridized carbons (Fsp3) is 0.438. The largest absolute Gasteiger partial charge is 0.365 e. The van der Waals surface area contributed by atoms with E-state index in [0.29, 0.717) is 11.6 Å². The predicted octanol–water partition coefficient (Wildman–Crippen LogP) is 1.29. The van der Waals surface area contributed by atoms with Crippen molar-refractivity contribution in [3.8, 4) is 6.07 Å². The molecule has 0 amide bonds. The van der Waals surface area contributed by atoms with Gasteiger partial charge in [0.25, 0.3) is 0 Å². The van der Waals surface area contributed by atoms with Crippen molar-refractivity contribution in [2.24, 2.45) is 0 Å². The molecule has 3 rings (SSSR count). The topological polar surface area (TPSA) is 93.9 Å². The van der Waals surface area contributed by atoms with Crippen LogP contribution in [-0.4, -0.2) is 53.2 Å². The van der Waals surface area contributed by atoms with Gasteiger partial charge in [0.15, 0.2) is 0 Å². The lowest BCUT2D eigenvalue weighted by atomic mass is 10.1. The van der Waals surface area contributed by atoms with Crippen molar-refractivity contribution in [2.45, 2.75) is 18.9 Å². The fourth-order valence-electron chi connectivity index (χ4n) is 2.72. The first kappa shape index (κ1) is 15.9. The number of nitrogens with one attached hydrogen (secondary N) is 1. The molecule has 1 fully saturated rings. The van der Waals surface area contributed by atoms with E-state index >= 15 is 0 Å². The lowest BCUT2D eigenvalue weighted by molar-refractivity contribution is 0.521. The molecule has 124 valence electrons. The maximum absolute atomic E-state index is 8.99. The van der Waals surface area contributed by atoms with Crippen LogP contribution in [0.1, 0.15) is 18.5 Å². The summed E-state index contributed by atoms with van der Waals surface area (Å²) < 4.78 is 0. The Balaban J connectivity index is 1.69. The molecule has 0 aromatic carbocycles. The summed E-state index contributed by atoms with van der Waals surface area (Å²) in [7, 11) is 3.90. The van der Waals surface area contributed by atoms with Crippen molar-refractivity contribution in [2.75, 3.05) is 42.3 Å². The minimum atomic E-state index is 0.248. The molecule has 1 atom stereocenters. The van der Waals surface area contributed by atoms with Crippen molar-refractivity contribution in [1.82, 2.24) is 19.9 Å². The van der Waals surface area contributed by atoms with Gasteiger partial charge in [-0.3, -0.25) is 0 Å². The molecule has 3 heterocycles.